The molecule has 132 valence electrons. The summed E-state index contributed by atoms with van der Waals surface area (Å²) in [6.07, 6.45) is 1.24. The second kappa shape index (κ2) is 9.20. The number of hydrogen-bond acceptors (Lipinski definition) is 5. The first-order valence-electron chi connectivity index (χ1n) is 7.62. The maximum absolute atomic E-state index is 12.0. The van der Waals surface area contributed by atoms with Gasteiger partial charge in [-0.15, -0.1) is 36.2 Å². The number of halogens is 2. The molecular weight excluding hydrogens is 357 g/mol. The zero-order chi connectivity index (χ0) is 14.8. The van der Waals surface area contributed by atoms with Crippen LogP contribution in [-0.2, 0) is 17.8 Å². The lowest BCUT2D eigenvalue weighted by atomic mass is 10.1. The molecule has 1 aromatic heterocycles. The average molecular weight is 382 g/mol. The number of fused-ring (bicyclic) bond motifs is 1. The molecule has 0 radical (unpaired) electrons. The summed E-state index contributed by atoms with van der Waals surface area (Å²) < 4.78 is 0. The van der Waals surface area contributed by atoms with Crippen LogP contribution in [0, 0.1) is 0 Å². The topological polar surface area (TPSA) is 64.6 Å². The van der Waals surface area contributed by atoms with Crippen molar-refractivity contribution in [2.75, 3.05) is 19.6 Å². The molecule has 1 amide bonds. The Morgan fingerprint density at radius 3 is 3.04 bits per heavy atom. The summed E-state index contributed by atoms with van der Waals surface area (Å²) in [5.74, 6) is 0.00614. The molecule has 0 aromatic carbocycles. The molecule has 0 spiro atoms. The number of amides is 1. The van der Waals surface area contributed by atoms with Crippen LogP contribution in [0.4, 0.5) is 0 Å². The van der Waals surface area contributed by atoms with Gasteiger partial charge in [0.15, 0.2) is 0 Å². The van der Waals surface area contributed by atoms with Crippen LogP contribution >= 0.6 is 36.2 Å². The number of hydrogen-bond donors (Lipinski definition) is 3. The Hall–Kier alpha value is -0.370. The summed E-state index contributed by atoms with van der Waals surface area (Å²) in [5.41, 5.74) is 1.44. The Morgan fingerprint density at radius 2 is 2.35 bits per heavy atom. The molecular formula is C15H25Cl2N3O2S. The monoisotopic (exact) mass is 381 g/mol. The Labute approximate surface area is 153 Å². The van der Waals surface area contributed by atoms with Gasteiger partial charge in [-0.3, -0.25) is 9.69 Å². The number of carbonyl (C=O) groups is 1. The summed E-state index contributed by atoms with van der Waals surface area (Å²) in [6, 6.07) is 2.30. The van der Waals surface area contributed by atoms with Gasteiger partial charge in [-0.2, -0.15) is 0 Å². The molecule has 2 aliphatic heterocycles. The largest absolute Gasteiger partial charge is 0.392 e. The number of β-amino-alcohol motifs (C(OH)–C–C–N with tert-alkyl or cyclic N) is 1. The molecule has 23 heavy (non-hydrogen) atoms. The fourth-order valence-electron chi connectivity index (χ4n) is 3.06. The maximum atomic E-state index is 12.0. The van der Waals surface area contributed by atoms with Crippen LogP contribution in [0.2, 0.25) is 0 Å². The lowest BCUT2D eigenvalue weighted by Crippen LogP contribution is -2.47. The highest BCUT2D eigenvalue weighted by atomic mass is 35.5. The van der Waals surface area contributed by atoms with Gasteiger partial charge in [0.25, 0.3) is 0 Å². The van der Waals surface area contributed by atoms with E-state index in [1.165, 1.54) is 10.4 Å². The van der Waals surface area contributed by atoms with Crippen LogP contribution in [0.3, 0.4) is 0 Å². The molecule has 1 saturated heterocycles. The highest BCUT2D eigenvalue weighted by Crippen LogP contribution is 2.24. The van der Waals surface area contributed by atoms with Crippen LogP contribution in [0.5, 0.6) is 0 Å². The molecule has 1 fully saturated rings. The summed E-state index contributed by atoms with van der Waals surface area (Å²) >= 11 is 1.85. The average Bonchev–Trinajstić information content (AvgIpc) is 3.12. The van der Waals surface area contributed by atoms with E-state index in [-0.39, 0.29) is 36.8 Å². The number of carbonyl (C=O) groups excluding carboxylic acids is 1. The fourth-order valence-corrected chi connectivity index (χ4v) is 3.95. The van der Waals surface area contributed by atoms with Crippen molar-refractivity contribution >= 4 is 42.1 Å². The number of aliphatic hydroxyl groups excluding tert-OH is 1. The van der Waals surface area contributed by atoms with E-state index >= 15 is 0 Å². The van der Waals surface area contributed by atoms with Gasteiger partial charge >= 0.3 is 0 Å². The molecule has 0 aliphatic carbocycles. The molecule has 0 bridgehead atoms. The molecule has 3 N–H and O–H groups in total. The van der Waals surface area contributed by atoms with Crippen molar-refractivity contribution in [2.45, 2.75) is 44.5 Å². The first kappa shape index (κ1) is 20.7. The number of rotatable bonds is 4. The molecule has 0 saturated carbocycles. The summed E-state index contributed by atoms with van der Waals surface area (Å²) in [7, 11) is 0. The molecule has 3 heterocycles. The highest BCUT2D eigenvalue weighted by Gasteiger charge is 2.28. The number of aliphatic hydroxyl groups is 1. The molecule has 3 atom stereocenters. The van der Waals surface area contributed by atoms with E-state index in [0.29, 0.717) is 25.6 Å². The molecule has 3 unspecified atom stereocenters. The molecule has 2 aliphatic rings. The molecule has 3 rings (SSSR count). The van der Waals surface area contributed by atoms with Crippen LogP contribution in [0.25, 0.3) is 0 Å². The van der Waals surface area contributed by atoms with Crippen molar-refractivity contribution in [1.29, 1.82) is 0 Å². The number of nitrogens with one attached hydrogen (secondary N) is 2. The van der Waals surface area contributed by atoms with Gasteiger partial charge in [0.05, 0.1) is 12.1 Å². The van der Waals surface area contributed by atoms with Gasteiger partial charge in [-0.25, -0.2) is 0 Å². The van der Waals surface area contributed by atoms with Gasteiger partial charge in [-0.05, 0) is 36.8 Å². The first-order valence-corrected chi connectivity index (χ1v) is 8.50. The van der Waals surface area contributed by atoms with Gasteiger partial charge in [0.1, 0.15) is 0 Å². The predicted octanol–water partition coefficient (Wildman–Crippen LogP) is 1.18. The van der Waals surface area contributed by atoms with E-state index in [0.717, 1.165) is 19.5 Å². The fraction of sp³-hybridized carbons (Fsp3) is 0.667. The van der Waals surface area contributed by atoms with Crippen molar-refractivity contribution in [3.8, 4) is 0 Å². The van der Waals surface area contributed by atoms with Crippen LogP contribution in [0.15, 0.2) is 11.4 Å². The van der Waals surface area contributed by atoms with E-state index in [1.54, 1.807) is 0 Å². The highest BCUT2D eigenvalue weighted by molar-refractivity contribution is 7.10. The van der Waals surface area contributed by atoms with Crippen molar-refractivity contribution < 1.29 is 9.90 Å². The Morgan fingerprint density at radius 1 is 1.57 bits per heavy atom. The van der Waals surface area contributed by atoms with E-state index in [9.17, 15) is 9.90 Å². The standard InChI is InChI=1S/C15H23N3O2S.2ClH/c1-10(7-17-15(20)13-6-12(19)8-16-13)18-4-2-14-11(9-18)3-5-21-14;;/h3,5,10,12-13,16,19H,2,4,6-9H2,1H3,(H,17,20);2*1H. The second-order valence-corrected chi connectivity index (χ2v) is 7.03. The number of nitrogens with zero attached hydrogens (tertiary/aromatic N) is 1. The second-order valence-electron chi connectivity index (χ2n) is 6.03. The normalized spacial score (nSPS) is 25.0. The molecule has 8 heteroatoms. The van der Waals surface area contributed by atoms with Crippen molar-refractivity contribution in [3.63, 3.8) is 0 Å². The zero-order valence-electron chi connectivity index (χ0n) is 13.2. The summed E-state index contributed by atoms with van der Waals surface area (Å²) in [5, 5.41) is 17.7. The third-order valence-corrected chi connectivity index (χ3v) is 5.48. The quantitative estimate of drug-likeness (QED) is 0.732. The lowest BCUT2D eigenvalue weighted by molar-refractivity contribution is -0.123. The van der Waals surface area contributed by atoms with Crippen LogP contribution < -0.4 is 10.6 Å². The Bertz CT molecular complexity index is 515. The number of thiophene rings is 1. The van der Waals surface area contributed by atoms with Crippen LogP contribution in [0.1, 0.15) is 23.8 Å². The minimum atomic E-state index is -0.391. The minimum absolute atomic E-state index is 0. The van der Waals surface area contributed by atoms with Crippen molar-refractivity contribution in [1.82, 2.24) is 15.5 Å². The van der Waals surface area contributed by atoms with Gasteiger partial charge in [0.2, 0.25) is 5.91 Å². The summed E-state index contributed by atoms with van der Waals surface area (Å²) in [4.78, 5) is 16.0. The van der Waals surface area contributed by atoms with E-state index < -0.39 is 6.10 Å². The van der Waals surface area contributed by atoms with Crippen molar-refractivity contribution in [2.24, 2.45) is 0 Å². The van der Waals surface area contributed by atoms with Crippen molar-refractivity contribution in [3.05, 3.63) is 21.9 Å². The predicted molar refractivity (Wildman–Crippen MR) is 97.8 cm³/mol. The first-order chi connectivity index (χ1) is 10.1. The summed E-state index contributed by atoms with van der Waals surface area (Å²) in [6.45, 7) is 5.38. The van der Waals surface area contributed by atoms with E-state index in [4.69, 9.17) is 0 Å². The SMILES string of the molecule is CC(CNC(=O)C1CC(O)CN1)N1CCc2sccc2C1.Cl.Cl. The molecule has 5 nitrogen and oxygen atoms in total. The van der Waals surface area contributed by atoms with Gasteiger partial charge < -0.3 is 15.7 Å². The van der Waals surface area contributed by atoms with Gasteiger partial charge in [0, 0.05) is 37.1 Å². The zero-order valence-corrected chi connectivity index (χ0v) is 15.6. The smallest absolute Gasteiger partial charge is 0.237 e. The van der Waals surface area contributed by atoms with Gasteiger partial charge in [-0.1, -0.05) is 0 Å². The lowest BCUT2D eigenvalue weighted by Gasteiger charge is -2.32. The third-order valence-electron chi connectivity index (χ3n) is 4.46. The van der Waals surface area contributed by atoms with Crippen LogP contribution in [-0.4, -0.2) is 53.7 Å². The Kier molecular flexibility index (Phi) is 8.27. The Balaban J connectivity index is 0.00000132. The molecule has 1 aromatic rings. The van der Waals surface area contributed by atoms with E-state index in [1.807, 2.05) is 11.3 Å². The minimum Gasteiger partial charge on any atom is -0.392 e. The van der Waals surface area contributed by atoms with E-state index in [2.05, 4.69) is 33.9 Å². The third kappa shape index (κ3) is 5.05. The maximum Gasteiger partial charge on any atom is 0.237 e.